The van der Waals surface area contributed by atoms with Crippen molar-refractivity contribution in [1.82, 2.24) is 0 Å². The van der Waals surface area contributed by atoms with Crippen LogP contribution in [0, 0.1) is 5.41 Å². The van der Waals surface area contributed by atoms with Gasteiger partial charge in [0.2, 0.25) is 0 Å². The average Bonchev–Trinajstić information content (AvgIpc) is 2.69. The van der Waals surface area contributed by atoms with E-state index in [0.29, 0.717) is 11.3 Å². The molecule has 0 radical (unpaired) electrons. The second-order valence-electron chi connectivity index (χ2n) is 10.3. The highest BCUT2D eigenvalue weighted by atomic mass is 16.5. The Hall–Kier alpha value is -3.01. The van der Waals surface area contributed by atoms with Gasteiger partial charge >= 0.3 is 0 Å². The van der Waals surface area contributed by atoms with E-state index in [9.17, 15) is 4.79 Å². The fourth-order valence-electron chi connectivity index (χ4n) is 2.79. The van der Waals surface area contributed by atoms with Crippen LogP contribution < -0.4 is 4.74 Å². The smallest absolute Gasteiger partial charge is 0.185 e. The van der Waals surface area contributed by atoms with Crippen molar-refractivity contribution in [2.24, 2.45) is 5.41 Å². The minimum atomic E-state index is -0.390. The van der Waals surface area contributed by atoms with Crippen molar-refractivity contribution in [3.8, 4) is 5.75 Å². The quantitative estimate of drug-likeness (QED) is 0.120. The van der Waals surface area contributed by atoms with Gasteiger partial charge in [-0.15, -0.1) is 6.58 Å². The molecule has 4 nitrogen and oxygen atoms in total. The van der Waals surface area contributed by atoms with Gasteiger partial charge < -0.3 is 14.2 Å². The number of methoxy groups -OCH3 is 1. The summed E-state index contributed by atoms with van der Waals surface area (Å²) in [5, 5.41) is 0. The number of hydrogen-bond acceptors (Lipinski definition) is 4. The van der Waals surface area contributed by atoms with E-state index < -0.39 is 5.60 Å². The van der Waals surface area contributed by atoms with Crippen molar-refractivity contribution >= 4 is 5.78 Å². The molecule has 33 heavy (non-hydrogen) atoms. The highest BCUT2D eigenvalue weighted by Crippen LogP contribution is 2.34. The summed E-state index contributed by atoms with van der Waals surface area (Å²) in [7, 11) is 1.59. The third kappa shape index (κ3) is 10.4. The van der Waals surface area contributed by atoms with Gasteiger partial charge in [0, 0.05) is 22.6 Å². The van der Waals surface area contributed by atoms with Crippen molar-refractivity contribution in [2.75, 3.05) is 7.11 Å². The lowest BCUT2D eigenvalue weighted by molar-refractivity contribution is 0.0562. The van der Waals surface area contributed by atoms with E-state index in [1.54, 1.807) is 43.7 Å². The standard InChI is InChI=1S/C29H40O4/c1-11-29(8,9)24(26(20-21-31-10)33-28(5,6)7)14-12-13-15-25(30)22-16-18-23(19-17-22)32-27(2,3)4/h11-21H,1H2,2-10H3/b14-12+,15-13+,21-20+,26-24-. The van der Waals surface area contributed by atoms with Crippen LogP contribution in [-0.4, -0.2) is 24.1 Å². The Balaban J connectivity index is 3.15. The Morgan fingerprint density at radius 3 is 1.91 bits per heavy atom. The monoisotopic (exact) mass is 452 g/mol. The lowest BCUT2D eigenvalue weighted by atomic mass is 9.83. The number of rotatable bonds is 10. The number of ketones is 1. The van der Waals surface area contributed by atoms with Gasteiger partial charge in [0.05, 0.1) is 13.4 Å². The van der Waals surface area contributed by atoms with E-state index in [2.05, 4.69) is 20.4 Å². The zero-order chi connectivity index (χ0) is 25.3. The second-order valence-corrected chi connectivity index (χ2v) is 10.3. The molecule has 1 aromatic carbocycles. The summed E-state index contributed by atoms with van der Waals surface area (Å²) < 4.78 is 17.1. The largest absolute Gasteiger partial charge is 0.504 e. The van der Waals surface area contributed by atoms with Gasteiger partial charge in [-0.05, 0) is 71.9 Å². The normalized spacial score (nSPS) is 14.0. The first-order chi connectivity index (χ1) is 15.2. The third-order valence-electron chi connectivity index (χ3n) is 4.43. The molecule has 0 fully saturated rings. The zero-order valence-electron chi connectivity index (χ0n) is 21.7. The Morgan fingerprint density at radius 2 is 1.42 bits per heavy atom. The molecule has 0 N–H and O–H groups in total. The molecule has 1 aromatic rings. The lowest BCUT2D eigenvalue weighted by Gasteiger charge is -2.29. The van der Waals surface area contributed by atoms with E-state index in [1.165, 1.54) is 0 Å². The first-order valence-electron chi connectivity index (χ1n) is 11.1. The zero-order valence-corrected chi connectivity index (χ0v) is 21.7. The molecule has 0 heterocycles. The molecule has 0 unspecified atom stereocenters. The van der Waals surface area contributed by atoms with Gasteiger partial charge in [-0.1, -0.05) is 38.2 Å². The maximum Gasteiger partial charge on any atom is 0.185 e. The summed E-state index contributed by atoms with van der Waals surface area (Å²) in [6, 6.07) is 7.17. The maximum atomic E-state index is 12.6. The molecule has 0 aliphatic rings. The van der Waals surface area contributed by atoms with Gasteiger partial charge in [0.15, 0.2) is 5.78 Å². The number of carbonyl (C=O) groups is 1. The van der Waals surface area contributed by atoms with Crippen molar-refractivity contribution in [2.45, 2.75) is 66.6 Å². The molecule has 0 spiro atoms. The molecule has 0 saturated heterocycles. The number of allylic oxidation sites excluding steroid dienone is 7. The van der Waals surface area contributed by atoms with Gasteiger partial charge in [-0.3, -0.25) is 4.79 Å². The van der Waals surface area contributed by atoms with Crippen molar-refractivity contribution < 1.29 is 19.0 Å². The SMILES string of the molecule is C=CC(C)(C)C(/C=C/C=C/C(=O)c1ccc(OC(C)(C)C)cc1)=C(/C=C/OC)OC(C)(C)C. The highest BCUT2D eigenvalue weighted by molar-refractivity contribution is 6.04. The van der Waals surface area contributed by atoms with Crippen molar-refractivity contribution in [3.63, 3.8) is 0 Å². The van der Waals surface area contributed by atoms with E-state index in [0.717, 1.165) is 11.3 Å². The van der Waals surface area contributed by atoms with Gasteiger partial charge in [0.1, 0.15) is 22.7 Å². The average molecular weight is 453 g/mol. The van der Waals surface area contributed by atoms with Crippen molar-refractivity contribution in [1.29, 1.82) is 0 Å². The topological polar surface area (TPSA) is 44.8 Å². The summed E-state index contributed by atoms with van der Waals surface area (Å²) in [5.41, 5.74) is 0.479. The summed E-state index contributed by atoms with van der Waals surface area (Å²) in [5.74, 6) is 1.33. The number of hydrogen-bond donors (Lipinski definition) is 0. The minimum Gasteiger partial charge on any atom is -0.504 e. The first kappa shape index (κ1) is 28.0. The molecular weight excluding hydrogens is 412 g/mol. The number of carbonyl (C=O) groups excluding carboxylic acids is 1. The Morgan fingerprint density at radius 1 is 0.848 bits per heavy atom. The summed E-state index contributed by atoms with van der Waals surface area (Å²) in [6.45, 7) is 20.0. The Kier molecular flexibility index (Phi) is 9.97. The maximum absolute atomic E-state index is 12.6. The van der Waals surface area contributed by atoms with E-state index >= 15 is 0 Å². The number of benzene rings is 1. The molecule has 0 amide bonds. The van der Waals surface area contributed by atoms with Crippen LogP contribution in [0.25, 0.3) is 0 Å². The van der Waals surface area contributed by atoms with Crippen LogP contribution in [0.15, 0.2) is 84.9 Å². The van der Waals surface area contributed by atoms with Crippen molar-refractivity contribution in [3.05, 3.63) is 90.5 Å². The first-order valence-corrected chi connectivity index (χ1v) is 11.1. The molecule has 0 bridgehead atoms. The van der Waals surface area contributed by atoms with Crippen LogP contribution in [0.5, 0.6) is 5.75 Å². The highest BCUT2D eigenvalue weighted by Gasteiger charge is 2.24. The fourth-order valence-corrected chi connectivity index (χ4v) is 2.79. The van der Waals surface area contributed by atoms with Crippen LogP contribution in [0.3, 0.4) is 0 Å². The third-order valence-corrected chi connectivity index (χ3v) is 4.43. The van der Waals surface area contributed by atoms with E-state index in [4.69, 9.17) is 14.2 Å². The molecule has 0 aliphatic heterocycles. The molecule has 0 aromatic heterocycles. The molecule has 1 rings (SSSR count). The van der Waals surface area contributed by atoms with Gasteiger partial charge in [-0.2, -0.15) is 0 Å². The van der Waals surface area contributed by atoms with Crippen LogP contribution in [0.2, 0.25) is 0 Å². The predicted molar refractivity (Wildman–Crippen MR) is 137 cm³/mol. The van der Waals surface area contributed by atoms with Gasteiger partial charge in [0.25, 0.3) is 0 Å². The Bertz CT molecular complexity index is 912. The van der Waals surface area contributed by atoms with E-state index in [-0.39, 0.29) is 16.8 Å². The fraction of sp³-hybridized carbons (Fsp3) is 0.414. The molecule has 0 atom stereocenters. The molecule has 0 aliphatic carbocycles. The van der Waals surface area contributed by atoms with Crippen LogP contribution in [0.4, 0.5) is 0 Å². The molecule has 0 saturated carbocycles. The van der Waals surface area contributed by atoms with Crippen LogP contribution >= 0.6 is 0 Å². The summed E-state index contributed by atoms with van der Waals surface area (Å²) in [4.78, 5) is 12.6. The Labute approximate surface area is 200 Å². The van der Waals surface area contributed by atoms with Crippen LogP contribution in [-0.2, 0) is 9.47 Å². The second kappa shape index (κ2) is 11.7. The predicted octanol–water partition coefficient (Wildman–Crippen LogP) is 7.60. The van der Waals surface area contributed by atoms with Crippen LogP contribution in [0.1, 0.15) is 65.7 Å². The number of ether oxygens (including phenoxy) is 3. The lowest BCUT2D eigenvalue weighted by Crippen LogP contribution is -2.22. The van der Waals surface area contributed by atoms with Gasteiger partial charge in [-0.25, -0.2) is 0 Å². The summed E-state index contributed by atoms with van der Waals surface area (Å²) >= 11 is 0. The molecule has 4 heteroatoms. The summed E-state index contributed by atoms with van der Waals surface area (Å²) in [6.07, 6.45) is 12.3. The molecule has 180 valence electrons. The van der Waals surface area contributed by atoms with E-state index in [1.807, 2.05) is 71.9 Å². The molecular formula is C29H40O4. The minimum absolute atomic E-state index is 0.0825.